The molecule has 2 rings (SSSR count). The van der Waals surface area contributed by atoms with Crippen LogP contribution in [0, 0.1) is 24.7 Å². The molecule has 2 aromatic rings. The van der Waals surface area contributed by atoms with Crippen molar-refractivity contribution >= 4 is 11.8 Å². The lowest BCUT2D eigenvalue weighted by Gasteiger charge is -2.02. The summed E-state index contributed by atoms with van der Waals surface area (Å²) in [4.78, 5) is 2.33. The van der Waals surface area contributed by atoms with Gasteiger partial charge in [0.2, 0.25) is 0 Å². The summed E-state index contributed by atoms with van der Waals surface area (Å²) in [5, 5.41) is 0. The Balaban J connectivity index is 2.14. The van der Waals surface area contributed by atoms with Crippen LogP contribution in [0.1, 0.15) is 11.1 Å². The van der Waals surface area contributed by atoms with E-state index in [0.29, 0.717) is 0 Å². The fourth-order valence-corrected chi connectivity index (χ4v) is 2.19. The first kappa shape index (κ1) is 11.4. The van der Waals surface area contributed by atoms with Crippen LogP contribution in [0.4, 0.5) is 0 Å². The van der Waals surface area contributed by atoms with Gasteiger partial charge in [0.05, 0.1) is 0 Å². The van der Waals surface area contributed by atoms with Gasteiger partial charge in [-0.2, -0.15) is 0 Å². The molecule has 0 radical (unpaired) electrons. The van der Waals surface area contributed by atoms with E-state index in [1.54, 1.807) is 11.8 Å². The topological polar surface area (TPSA) is 0 Å². The Morgan fingerprint density at radius 2 is 1.00 bits per heavy atom. The Morgan fingerprint density at radius 1 is 0.647 bits per heavy atom. The molecule has 0 aliphatic rings. The summed E-state index contributed by atoms with van der Waals surface area (Å²) in [6, 6.07) is 15.9. The van der Waals surface area contributed by atoms with Crippen molar-refractivity contribution in [1.29, 1.82) is 0 Å². The molecule has 0 spiro atoms. The molecule has 0 aliphatic carbocycles. The van der Waals surface area contributed by atoms with Crippen molar-refractivity contribution in [2.24, 2.45) is 0 Å². The molecule has 0 aliphatic heterocycles. The highest BCUT2D eigenvalue weighted by atomic mass is 32.2. The van der Waals surface area contributed by atoms with Gasteiger partial charge in [0.25, 0.3) is 0 Å². The highest BCUT2D eigenvalue weighted by Crippen LogP contribution is 2.27. The van der Waals surface area contributed by atoms with Gasteiger partial charge in [-0.3, -0.25) is 0 Å². The van der Waals surface area contributed by atoms with E-state index in [1.807, 2.05) is 48.5 Å². The largest absolute Gasteiger partial charge is 0.115 e. The van der Waals surface area contributed by atoms with Crippen LogP contribution in [-0.4, -0.2) is 0 Å². The van der Waals surface area contributed by atoms with Gasteiger partial charge in [-0.1, -0.05) is 23.6 Å². The predicted molar refractivity (Wildman–Crippen MR) is 72.9 cm³/mol. The van der Waals surface area contributed by atoms with Gasteiger partial charge in [0, 0.05) is 20.9 Å². The second-order valence-electron chi connectivity index (χ2n) is 3.44. The third-order valence-corrected chi connectivity index (χ3v) is 3.29. The number of benzene rings is 2. The van der Waals surface area contributed by atoms with Crippen LogP contribution >= 0.6 is 11.8 Å². The van der Waals surface area contributed by atoms with E-state index in [0.717, 1.165) is 20.9 Å². The quantitative estimate of drug-likeness (QED) is 0.712. The highest BCUT2D eigenvalue weighted by molar-refractivity contribution is 7.99. The lowest BCUT2D eigenvalue weighted by atomic mass is 10.2. The van der Waals surface area contributed by atoms with Crippen LogP contribution in [0.2, 0.25) is 0 Å². The molecular formula is C16H10S. The first-order chi connectivity index (χ1) is 8.31. The number of rotatable bonds is 2. The smallest absolute Gasteiger partial charge is 0.0243 e. The molecule has 0 heterocycles. The zero-order valence-corrected chi connectivity index (χ0v) is 10.00. The van der Waals surface area contributed by atoms with Crippen molar-refractivity contribution in [2.75, 3.05) is 0 Å². The molecule has 0 nitrogen and oxygen atoms in total. The van der Waals surface area contributed by atoms with Gasteiger partial charge in [-0.15, -0.1) is 12.8 Å². The minimum atomic E-state index is 0.900. The summed E-state index contributed by atoms with van der Waals surface area (Å²) in [5.41, 5.74) is 1.80. The average molecular weight is 234 g/mol. The van der Waals surface area contributed by atoms with E-state index in [-0.39, 0.29) is 0 Å². The fourth-order valence-electron chi connectivity index (χ4n) is 1.37. The second-order valence-corrected chi connectivity index (χ2v) is 4.59. The lowest BCUT2D eigenvalue weighted by Crippen LogP contribution is -1.77. The maximum absolute atomic E-state index is 5.31. The number of hydrogen-bond donors (Lipinski definition) is 0. The van der Waals surface area contributed by atoms with E-state index in [2.05, 4.69) is 11.8 Å². The molecule has 0 saturated heterocycles. The van der Waals surface area contributed by atoms with Crippen LogP contribution < -0.4 is 0 Å². The highest BCUT2D eigenvalue weighted by Gasteiger charge is 1.97. The van der Waals surface area contributed by atoms with Gasteiger partial charge in [0.15, 0.2) is 0 Å². The molecular weight excluding hydrogens is 224 g/mol. The Kier molecular flexibility index (Phi) is 3.55. The van der Waals surface area contributed by atoms with E-state index >= 15 is 0 Å². The van der Waals surface area contributed by atoms with Gasteiger partial charge in [-0.25, -0.2) is 0 Å². The SMILES string of the molecule is C#Cc1ccc(Sc2ccc(C#C)cc2)cc1. The molecule has 0 unspecified atom stereocenters. The predicted octanol–water partition coefficient (Wildman–Crippen LogP) is 3.80. The minimum Gasteiger partial charge on any atom is -0.115 e. The number of terminal acetylenes is 2. The summed E-state index contributed by atoms with van der Waals surface area (Å²) in [5.74, 6) is 5.20. The van der Waals surface area contributed by atoms with Crippen LogP contribution in [-0.2, 0) is 0 Å². The first-order valence-corrected chi connectivity index (χ1v) is 5.94. The summed E-state index contributed by atoms with van der Waals surface area (Å²) < 4.78 is 0. The summed E-state index contributed by atoms with van der Waals surface area (Å²) >= 11 is 1.69. The third kappa shape index (κ3) is 2.94. The molecule has 0 fully saturated rings. The van der Waals surface area contributed by atoms with Crippen LogP contribution in [0.15, 0.2) is 58.3 Å². The summed E-state index contributed by atoms with van der Waals surface area (Å²) in [6.45, 7) is 0. The van der Waals surface area contributed by atoms with E-state index in [1.165, 1.54) is 0 Å². The zero-order chi connectivity index (χ0) is 12.1. The van der Waals surface area contributed by atoms with Crippen molar-refractivity contribution in [2.45, 2.75) is 9.79 Å². The van der Waals surface area contributed by atoms with Gasteiger partial charge in [0.1, 0.15) is 0 Å². The van der Waals surface area contributed by atoms with Crippen molar-refractivity contribution in [1.82, 2.24) is 0 Å². The molecule has 0 amide bonds. The average Bonchev–Trinajstić information content (AvgIpc) is 2.40. The van der Waals surface area contributed by atoms with Crippen LogP contribution in [0.5, 0.6) is 0 Å². The molecule has 80 valence electrons. The molecule has 0 saturated carbocycles. The lowest BCUT2D eigenvalue weighted by molar-refractivity contribution is 1.39. The van der Waals surface area contributed by atoms with E-state index in [9.17, 15) is 0 Å². The maximum atomic E-state index is 5.31. The molecule has 0 bridgehead atoms. The normalized spacial score (nSPS) is 9.29. The van der Waals surface area contributed by atoms with Crippen LogP contribution in [0.3, 0.4) is 0 Å². The Bertz CT molecular complexity index is 522. The molecule has 2 aromatic carbocycles. The molecule has 0 atom stereocenters. The zero-order valence-electron chi connectivity index (χ0n) is 9.18. The molecule has 1 heteroatoms. The minimum absolute atomic E-state index is 0.900. The van der Waals surface area contributed by atoms with Crippen molar-refractivity contribution in [3.05, 3.63) is 59.7 Å². The van der Waals surface area contributed by atoms with Crippen molar-refractivity contribution in [3.63, 3.8) is 0 Å². The Hall–Kier alpha value is -2.09. The second kappa shape index (κ2) is 5.30. The maximum Gasteiger partial charge on any atom is 0.0243 e. The van der Waals surface area contributed by atoms with Crippen molar-refractivity contribution in [3.8, 4) is 24.7 Å². The number of hydrogen-bond acceptors (Lipinski definition) is 1. The molecule has 0 N–H and O–H groups in total. The van der Waals surface area contributed by atoms with Gasteiger partial charge in [-0.05, 0) is 48.5 Å². The molecule has 0 aromatic heterocycles. The van der Waals surface area contributed by atoms with Crippen LogP contribution in [0.25, 0.3) is 0 Å². The summed E-state index contributed by atoms with van der Waals surface area (Å²) in [7, 11) is 0. The van der Waals surface area contributed by atoms with Crippen molar-refractivity contribution < 1.29 is 0 Å². The van der Waals surface area contributed by atoms with Gasteiger partial charge >= 0.3 is 0 Å². The monoisotopic (exact) mass is 234 g/mol. The first-order valence-electron chi connectivity index (χ1n) is 5.13. The van der Waals surface area contributed by atoms with E-state index < -0.39 is 0 Å². The van der Waals surface area contributed by atoms with Gasteiger partial charge < -0.3 is 0 Å². The summed E-state index contributed by atoms with van der Waals surface area (Å²) in [6.07, 6.45) is 10.6. The third-order valence-electron chi connectivity index (χ3n) is 2.28. The Morgan fingerprint density at radius 3 is 1.29 bits per heavy atom. The fraction of sp³-hybridized carbons (Fsp3) is 0. The standard InChI is InChI=1S/C16H10S/c1-3-13-5-9-15(10-6-13)17-16-11-7-14(4-2)8-12-16/h1-2,5-12H. The molecule has 17 heavy (non-hydrogen) atoms. The van der Waals surface area contributed by atoms with E-state index in [4.69, 9.17) is 12.8 Å². The Labute approximate surface area is 106 Å².